The zero-order valence-electron chi connectivity index (χ0n) is 70.1. The van der Waals surface area contributed by atoms with Gasteiger partial charge in [-0.25, -0.2) is 0 Å². The van der Waals surface area contributed by atoms with Gasteiger partial charge in [0.25, 0.3) is 0 Å². The first kappa shape index (κ1) is 80.0. The Kier molecular flexibility index (Phi) is 21.7. The van der Waals surface area contributed by atoms with Crippen molar-refractivity contribution >= 4 is 155 Å². The molecule has 0 amide bonds. The molecule has 0 unspecified atom stereocenters. The van der Waals surface area contributed by atoms with E-state index < -0.39 is 21.4 Å². The Hall–Kier alpha value is -15.2. The van der Waals surface area contributed by atoms with E-state index in [0.29, 0.717) is 0 Å². The molecule has 0 fully saturated rings. The lowest BCUT2D eigenvalue weighted by atomic mass is 9.84. The van der Waals surface area contributed by atoms with Crippen LogP contribution in [0.3, 0.4) is 0 Å². The van der Waals surface area contributed by atoms with E-state index in [0.717, 1.165) is 81.1 Å². The summed E-state index contributed by atoms with van der Waals surface area (Å²) < 4.78 is 45.1. The van der Waals surface area contributed by atoms with Gasteiger partial charge in [0, 0.05) is 47.7 Å². The van der Waals surface area contributed by atoms with Crippen molar-refractivity contribution in [3.63, 3.8) is 0 Å². The van der Waals surface area contributed by atoms with Crippen molar-refractivity contribution in [1.82, 2.24) is 0 Å². The average molecular weight is 1690 g/mol. The molecule has 0 aliphatic rings. The number of hydrogen-bond acceptors (Lipinski definition) is 3. The van der Waals surface area contributed by atoms with E-state index in [4.69, 9.17) is 0 Å². The van der Waals surface area contributed by atoms with Crippen molar-refractivity contribution in [1.29, 1.82) is 0 Å². The second kappa shape index (κ2) is 34.7. The van der Waals surface area contributed by atoms with E-state index in [1.807, 2.05) is 212 Å². The summed E-state index contributed by atoms with van der Waals surface area (Å²) in [6.45, 7) is 0. The molecular weight excluding hydrogens is 1610 g/mol. The summed E-state index contributed by atoms with van der Waals surface area (Å²) in [7, 11) is -9.21. The van der Waals surface area contributed by atoms with Crippen molar-refractivity contribution in [2.75, 3.05) is 0 Å². The van der Waals surface area contributed by atoms with Crippen LogP contribution in [0.2, 0.25) is 0 Å². The maximum Gasteiger partial charge on any atom is 0.171 e. The molecular formula is C122H85O3P3. The zero-order chi connectivity index (χ0) is 86.0. The third-order valence-corrected chi connectivity index (χ3v) is 34.3. The van der Waals surface area contributed by atoms with Crippen LogP contribution in [0.15, 0.2) is 516 Å². The van der Waals surface area contributed by atoms with Crippen LogP contribution in [0.1, 0.15) is 0 Å². The van der Waals surface area contributed by atoms with Crippen molar-refractivity contribution in [2.45, 2.75) is 0 Å². The molecule has 128 heavy (non-hydrogen) atoms. The molecule has 0 atom stereocenters. The number of hydrogen-bond donors (Lipinski definition) is 0. The first-order valence-corrected chi connectivity index (χ1v) is 48.6. The lowest BCUT2D eigenvalue weighted by Gasteiger charge is -2.22. The van der Waals surface area contributed by atoms with E-state index in [2.05, 4.69) is 303 Å². The maximum absolute atomic E-state index is 15.4. The normalized spacial score (nSPS) is 11.7. The number of fused-ring (bicyclic) bond motifs is 9. The maximum atomic E-state index is 15.4. The van der Waals surface area contributed by atoms with E-state index in [1.165, 1.54) is 120 Å². The Labute approximate surface area is 746 Å². The third kappa shape index (κ3) is 14.8. The highest BCUT2D eigenvalue weighted by molar-refractivity contribution is 7.86. The predicted octanol–water partition coefficient (Wildman–Crippen LogP) is 29.2. The summed E-state index contributed by atoms with van der Waals surface area (Å²) in [4.78, 5) is 0. The zero-order valence-corrected chi connectivity index (χ0v) is 72.8. The Balaban J connectivity index is 0.000000117. The fourth-order valence-corrected chi connectivity index (χ4v) is 27.2. The topological polar surface area (TPSA) is 51.2 Å². The first-order chi connectivity index (χ1) is 63.1. The van der Waals surface area contributed by atoms with Crippen LogP contribution in [-0.2, 0) is 13.7 Å². The molecule has 3 nitrogen and oxygen atoms in total. The van der Waals surface area contributed by atoms with Gasteiger partial charge < -0.3 is 13.7 Å². The molecule has 6 heteroatoms. The van der Waals surface area contributed by atoms with Crippen molar-refractivity contribution < 1.29 is 13.7 Å². The summed E-state index contributed by atoms with van der Waals surface area (Å²) in [6, 6.07) is 178. The molecule has 606 valence electrons. The molecule has 0 spiro atoms. The largest absolute Gasteiger partial charge is 0.309 e. The highest BCUT2D eigenvalue weighted by Crippen LogP contribution is 2.51. The smallest absolute Gasteiger partial charge is 0.171 e. The minimum Gasteiger partial charge on any atom is -0.309 e. The van der Waals surface area contributed by atoms with Gasteiger partial charge in [-0.15, -0.1) is 0 Å². The van der Waals surface area contributed by atoms with E-state index in [9.17, 15) is 9.13 Å². The van der Waals surface area contributed by atoms with Crippen LogP contribution in [-0.4, -0.2) is 0 Å². The molecule has 0 saturated carbocycles. The van der Waals surface area contributed by atoms with Crippen LogP contribution in [0.5, 0.6) is 0 Å². The van der Waals surface area contributed by atoms with Gasteiger partial charge in [-0.2, -0.15) is 0 Å². The van der Waals surface area contributed by atoms with Gasteiger partial charge in [-0.1, -0.05) is 473 Å². The van der Waals surface area contributed by atoms with Gasteiger partial charge in [-0.05, 0) is 195 Å². The van der Waals surface area contributed by atoms with E-state index >= 15 is 4.57 Å². The molecule has 0 bridgehead atoms. The van der Waals surface area contributed by atoms with Crippen LogP contribution >= 0.6 is 21.4 Å². The minimum atomic E-state index is -3.15. The standard InChI is InChI=1S/C46H31OP.2C38H27OP/c47-48(34-18-3-1-4-19-34,35-20-5-2-6-21-35)36-22-15-17-33(30-36)45-40-26-11-13-28-42(40)46(43-29-14-12-27-41(43)45)44-31-32-16-7-8-23-37(32)38-24-9-10-25-39(38)44;39-40(33-18-3-1-4-19-33,34-20-5-2-6-21-34)35-22-12-16-29(27-35)28-15-11-17-32(25-28)38-36-23-9-7-13-30(36)26-31-14-8-10-24-37(31)38;39-40(33-16-3-1-4-17-33,34-18-5-2-6-19-34)35-24-22-28(23-25-35)29-14-11-15-32(26-29)38-36-20-9-7-12-30(36)27-31-13-8-10-21-37(31)38/h1-31H;2*1-27H. The highest BCUT2D eigenvalue weighted by Gasteiger charge is 2.34. The summed E-state index contributed by atoms with van der Waals surface area (Å²) >= 11 is 0. The second-order valence-electron chi connectivity index (χ2n) is 32.6. The quantitative estimate of drug-likeness (QED) is 0.0584. The van der Waals surface area contributed by atoms with E-state index in [-0.39, 0.29) is 0 Å². The average Bonchev–Trinajstić information content (AvgIpc) is 0.712. The van der Waals surface area contributed by atoms with Crippen LogP contribution in [0.25, 0.3) is 153 Å². The molecule has 0 saturated heterocycles. The molecule has 0 radical (unpaired) electrons. The summed E-state index contributed by atoms with van der Waals surface area (Å²) in [5, 5.41) is 27.2. The second-order valence-corrected chi connectivity index (χ2v) is 40.9. The highest BCUT2D eigenvalue weighted by atomic mass is 31.2. The van der Waals surface area contributed by atoms with Crippen molar-refractivity contribution in [3.05, 3.63) is 516 Å². The van der Waals surface area contributed by atoms with Crippen molar-refractivity contribution in [3.8, 4) is 66.8 Å². The summed E-state index contributed by atoms with van der Waals surface area (Å²) in [6.07, 6.45) is 0. The Morgan fingerprint density at radius 2 is 0.336 bits per heavy atom. The number of rotatable bonds is 15. The molecule has 0 aliphatic heterocycles. The monoisotopic (exact) mass is 1690 g/mol. The van der Waals surface area contributed by atoms with E-state index in [1.54, 1.807) is 0 Å². The van der Waals surface area contributed by atoms with Crippen LogP contribution in [0.4, 0.5) is 0 Å². The molecule has 23 rings (SSSR count). The fourth-order valence-electron chi connectivity index (χ4n) is 19.1. The Bertz CT molecular complexity index is 7970. The fraction of sp³-hybridized carbons (Fsp3) is 0. The van der Waals surface area contributed by atoms with Gasteiger partial charge in [0.15, 0.2) is 21.4 Å². The van der Waals surface area contributed by atoms with Gasteiger partial charge in [0.1, 0.15) is 0 Å². The number of benzene rings is 23. The molecule has 0 heterocycles. The molecule has 0 aliphatic carbocycles. The summed E-state index contributed by atoms with van der Waals surface area (Å²) in [5.74, 6) is 0. The molecule has 23 aromatic carbocycles. The lowest BCUT2D eigenvalue weighted by Crippen LogP contribution is -2.25. The lowest BCUT2D eigenvalue weighted by molar-refractivity contribution is 0.591. The van der Waals surface area contributed by atoms with Gasteiger partial charge >= 0.3 is 0 Å². The minimum absolute atomic E-state index is 0.829. The van der Waals surface area contributed by atoms with Crippen LogP contribution in [0, 0.1) is 0 Å². The third-order valence-electron chi connectivity index (χ3n) is 25.1. The summed E-state index contributed by atoms with van der Waals surface area (Å²) in [5.41, 5.74) is 13.9. The molecule has 0 aromatic heterocycles. The van der Waals surface area contributed by atoms with Crippen molar-refractivity contribution in [2.24, 2.45) is 0 Å². The molecule has 23 aromatic rings. The molecule has 0 N–H and O–H groups in total. The SMILES string of the molecule is O=P(c1ccccc1)(c1ccccc1)c1ccc(-c2cccc(-c3c4ccccc4cc4ccccc34)c2)cc1.O=P(c1ccccc1)(c1ccccc1)c1cccc(-c2c3ccccc3c(-c3cc4ccccc4c4ccccc34)c3ccccc23)c1.O=P(c1ccccc1)(c1ccccc1)c1cccc(-c2cccc(-c3c4ccccc4cc4ccccc34)c2)c1. The van der Waals surface area contributed by atoms with Gasteiger partial charge in [0.2, 0.25) is 0 Å². The Morgan fingerprint density at radius 1 is 0.117 bits per heavy atom. The van der Waals surface area contributed by atoms with Gasteiger partial charge in [0.05, 0.1) is 0 Å². The van der Waals surface area contributed by atoms with Gasteiger partial charge in [-0.3, -0.25) is 0 Å². The first-order valence-electron chi connectivity index (χ1n) is 43.5. The Morgan fingerprint density at radius 3 is 0.695 bits per heavy atom. The van der Waals surface area contributed by atoms with Crippen LogP contribution < -0.4 is 47.7 Å². The predicted molar refractivity (Wildman–Crippen MR) is 550 cm³/mol.